The van der Waals surface area contributed by atoms with Gasteiger partial charge < -0.3 is 10.2 Å². The van der Waals surface area contributed by atoms with Gasteiger partial charge in [0.25, 0.3) is 0 Å². The molecular weight excluding hydrogens is 358 g/mol. The quantitative estimate of drug-likeness (QED) is 0.762. The minimum atomic E-state index is 0.0974. The number of carbonyl (C=O) groups excluding carboxylic acids is 1. The third-order valence-corrected chi connectivity index (χ3v) is 5.60. The Morgan fingerprint density at radius 3 is 2.52 bits per heavy atom. The summed E-state index contributed by atoms with van der Waals surface area (Å²) < 4.78 is 0. The van der Waals surface area contributed by atoms with E-state index >= 15 is 0 Å². The Morgan fingerprint density at radius 1 is 0.966 bits per heavy atom. The van der Waals surface area contributed by atoms with Crippen molar-refractivity contribution in [1.29, 1.82) is 0 Å². The maximum Gasteiger partial charge on any atom is 0.225 e. The first-order valence-corrected chi connectivity index (χ1v) is 10.6. The van der Waals surface area contributed by atoms with Crippen LogP contribution in [0.4, 0.5) is 5.69 Å². The first-order valence-electron chi connectivity index (χ1n) is 10.6. The highest BCUT2D eigenvalue weighted by Gasteiger charge is 2.15. The van der Waals surface area contributed by atoms with Crippen LogP contribution in [0.15, 0.2) is 54.6 Å². The molecule has 154 valence electrons. The summed E-state index contributed by atoms with van der Waals surface area (Å²) in [5, 5.41) is 3.03. The van der Waals surface area contributed by atoms with Crippen LogP contribution < -0.4 is 5.32 Å². The Bertz CT molecular complexity index is 816. The van der Waals surface area contributed by atoms with E-state index in [9.17, 15) is 4.79 Å². The maximum absolute atomic E-state index is 12.3. The van der Waals surface area contributed by atoms with Crippen LogP contribution in [-0.2, 0) is 4.79 Å². The molecule has 0 aromatic heterocycles. The van der Waals surface area contributed by atoms with Gasteiger partial charge in [-0.15, -0.1) is 0 Å². The number of hydrogen-bond donors (Lipinski definition) is 1. The Kier molecular flexibility index (Phi) is 8.03. The topological polar surface area (TPSA) is 35.6 Å². The van der Waals surface area contributed by atoms with Crippen molar-refractivity contribution in [3.8, 4) is 0 Å². The van der Waals surface area contributed by atoms with Gasteiger partial charge in [-0.25, -0.2) is 0 Å². The molecule has 29 heavy (non-hydrogen) atoms. The van der Waals surface area contributed by atoms with Crippen molar-refractivity contribution < 1.29 is 4.79 Å². The maximum atomic E-state index is 12.3. The predicted molar refractivity (Wildman–Crippen MR) is 122 cm³/mol. The number of nitrogens with zero attached hydrogens (tertiary/aromatic N) is 2. The zero-order valence-electron chi connectivity index (χ0n) is 17.7. The van der Waals surface area contributed by atoms with Gasteiger partial charge in [0.1, 0.15) is 0 Å². The Hall–Kier alpha value is -2.43. The van der Waals surface area contributed by atoms with Gasteiger partial charge in [-0.3, -0.25) is 9.69 Å². The first kappa shape index (κ1) is 21.3. The van der Waals surface area contributed by atoms with Crippen molar-refractivity contribution in [2.45, 2.75) is 26.7 Å². The van der Waals surface area contributed by atoms with E-state index in [1.54, 1.807) is 0 Å². The number of carbonyl (C=O) groups is 1. The van der Waals surface area contributed by atoms with Crippen LogP contribution in [0.3, 0.4) is 0 Å². The molecule has 0 saturated carbocycles. The van der Waals surface area contributed by atoms with Gasteiger partial charge in [-0.1, -0.05) is 48.6 Å². The smallest absolute Gasteiger partial charge is 0.225 e. The standard InChI is InChI=1S/C25H33N3O/c1-21-11-12-24(20-22(21)2)26-25(29)13-17-28-16-7-15-27(18-19-28)14-6-10-23-8-4-3-5-9-23/h3-6,8-12,20H,7,13-19H2,1-2H3,(H,26,29)/b10-6+. The molecule has 0 aliphatic carbocycles. The minimum absolute atomic E-state index is 0.0974. The van der Waals surface area contributed by atoms with Crippen molar-refractivity contribution in [1.82, 2.24) is 9.80 Å². The monoisotopic (exact) mass is 391 g/mol. The fraction of sp³-hybridized carbons (Fsp3) is 0.400. The molecule has 0 unspecified atom stereocenters. The number of amides is 1. The van der Waals surface area contributed by atoms with Crippen LogP contribution in [0.1, 0.15) is 29.5 Å². The van der Waals surface area contributed by atoms with Gasteiger partial charge in [-0.2, -0.15) is 0 Å². The van der Waals surface area contributed by atoms with Gasteiger partial charge in [0.2, 0.25) is 5.91 Å². The number of anilines is 1. The summed E-state index contributed by atoms with van der Waals surface area (Å²) in [6.07, 6.45) is 6.14. The Morgan fingerprint density at radius 2 is 1.72 bits per heavy atom. The van der Waals surface area contributed by atoms with Gasteiger partial charge in [0, 0.05) is 38.3 Å². The largest absolute Gasteiger partial charge is 0.326 e. The number of benzene rings is 2. The van der Waals surface area contributed by atoms with E-state index in [0.29, 0.717) is 6.42 Å². The fourth-order valence-corrected chi connectivity index (χ4v) is 3.63. The normalized spacial score (nSPS) is 16.1. The molecule has 1 saturated heterocycles. The van der Waals surface area contributed by atoms with Gasteiger partial charge in [0.15, 0.2) is 0 Å². The van der Waals surface area contributed by atoms with Crippen molar-refractivity contribution >= 4 is 17.7 Å². The zero-order chi connectivity index (χ0) is 20.5. The third-order valence-electron chi connectivity index (χ3n) is 5.60. The second kappa shape index (κ2) is 10.9. The molecule has 1 fully saturated rings. The van der Waals surface area contributed by atoms with E-state index in [2.05, 4.69) is 71.4 Å². The van der Waals surface area contributed by atoms with E-state index in [1.807, 2.05) is 18.2 Å². The lowest BCUT2D eigenvalue weighted by Crippen LogP contribution is -2.32. The molecule has 1 aliphatic heterocycles. The van der Waals surface area contributed by atoms with Crippen molar-refractivity contribution in [2.75, 3.05) is 44.6 Å². The lowest BCUT2D eigenvalue weighted by Gasteiger charge is -2.20. The summed E-state index contributed by atoms with van der Waals surface area (Å²) in [5.41, 5.74) is 4.59. The molecule has 0 atom stereocenters. The molecule has 0 bridgehead atoms. The molecule has 1 heterocycles. The molecule has 0 radical (unpaired) electrons. The lowest BCUT2D eigenvalue weighted by atomic mass is 10.1. The van der Waals surface area contributed by atoms with Gasteiger partial charge >= 0.3 is 0 Å². The van der Waals surface area contributed by atoms with Gasteiger partial charge in [-0.05, 0) is 62.2 Å². The van der Waals surface area contributed by atoms with E-state index in [1.165, 1.54) is 16.7 Å². The SMILES string of the molecule is Cc1ccc(NC(=O)CCN2CCCN(C/C=C/c3ccccc3)CC2)cc1C. The van der Waals surface area contributed by atoms with E-state index in [-0.39, 0.29) is 5.91 Å². The summed E-state index contributed by atoms with van der Waals surface area (Å²) in [5.74, 6) is 0.0974. The molecule has 1 amide bonds. The fourth-order valence-electron chi connectivity index (χ4n) is 3.63. The van der Waals surface area contributed by atoms with Crippen molar-refractivity contribution in [3.63, 3.8) is 0 Å². The highest BCUT2D eigenvalue weighted by atomic mass is 16.1. The van der Waals surface area contributed by atoms with Crippen LogP contribution in [-0.4, -0.2) is 55.0 Å². The summed E-state index contributed by atoms with van der Waals surface area (Å²) >= 11 is 0. The van der Waals surface area contributed by atoms with Crippen LogP contribution in [0.2, 0.25) is 0 Å². The van der Waals surface area contributed by atoms with Crippen LogP contribution in [0, 0.1) is 13.8 Å². The van der Waals surface area contributed by atoms with Gasteiger partial charge in [0.05, 0.1) is 0 Å². The predicted octanol–water partition coefficient (Wildman–Crippen LogP) is 4.35. The van der Waals surface area contributed by atoms with E-state index in [0.717, 1.165) is 51.4 Å². The number of aryl methyl sites for hydroxylation is 2. The molecular formula is C25H33N3O. The van der Waals surface area contributed by atoms with Crippen LogP contribution in [0.5, 0.6) is 0 Å². The molecule has 0 spiro atoms. The first-order chi connectivity index (χ1) is 14.1. The molecule has 3 rings (SSSR count). The van der Waals surface area contributed by atoms with Crippen LogP contribution in [0.25, 0.3) is 6.08 Å². The minimum Gasteiger partial charge on any atom is -0.326 e. The molecule has 2 aromatic rings. The number of hydrogen-bond acceptors (Lipinski definition) is 3. The summed E-state index contributed by atoms with van der Waals surface area (Å²) in [6, 6.07) is 16.5. The molecule has 4 heteroatoms. The second-order valence-electron chi connectivity index (χ2n) is 7.91. The highest BCUT2D eigenvalue weighted by molar-refractivity contribution is 5.90. The number of nitrogens with one attached hydrogen (secondary N) is 1. The third kappa shape index (κ3) is 7.15. The Balaban J connectivity index is 1.38. The molecule has 1 N–H and O–H groups in total. The lowest BCUT2D eigenvalue weighted by molar-refractivity contribution is -0.116. The average molecular weight is 392 g/mol. The number of rotatable bonds is 7. The summed E-state index contributed by atoms with van der Waals surface area (Å²) in [4.78, 5) is 17.2. The zero-order valence-corrected chi connectivity index (χ0v) is 17.7. The molecule has 4 nitrogen and oxygen atoms in total. The van der Waals surface area contributed by atoms with Crippen molar-refractivity contribution in [2.24, 2.45) is 0 Å². The van der Waals surface area contributed by atoms with Crippen LogP contribution >= 0.6 is 0 Å². The highest BCUT2D eigenvalue weighted by Crippen LogP contribution is 2.14. The van der Waals surface area contributed by atoms with E-state index < -0.39 is 0 Å². The summed E-state index contributed by atoms with van der Waals surface area (Å²) in [6.45, 7) is 10.2. The Labute approximate surface area is 175 Å². The second-order valence-corrected chi connectivity index (χ2v) is 7.91. The van der Waals surface area contributed by atoms with E-state index in [4.69, 9.17) is 0 Å². The molecule has 2 aromatic carbocycles. The molecule has 1 aliphatic rings. The average Bonchev–Trinajstić information content (AvgIpc) is 2.95. The summed E-state index contributed by atoms with van der Waals surface area (Å²) in [7, 11) is 0. The van der Waals surface area contributed by atoms with Crippen molar-refractivity contribution in [3.05, 3.63) is 71.3 Å².